The molecule has 1 aromatic carbocycles. The molecule has 0 radical (unpaired) electrons. The Hall–Kier alpha value is -2.48. The summed E-state index contributed by atoms with van der Waals surface area (Å²) in [6.45, 7) is 6.28. The van der Waals surface area contributed by atoms with Crippen molar-refractivity contribution in [2.24, 2.45) is 0 Å². The molecule has 3 atom stereocenters. The highest BCUT2D eigenvalue weighted by Gasteiger charge is 2.52. The summed E-state index contributed by atoms with van der Waals surface area (Å²) in [6, 6.07) is 4.97. The fourth-order valence-corrected chi connectivity index (χ4v) is 4.07. The van der Waals surface area contributed by atoms with Crippen LogP contribution in [0.2, 0.25) is 0 Å². The number of halogens is 1. The van der Waals surface area contributed by atoms with E-state index in [-0.39, 0.29) is 24.7 Å². The van der Waals surface area contributed by atoms with Crippen LogP contribution in [0.1, 0.15) is 45.6 Å². The van der Waals surface area contributed by atoms with Crippen LogP contribution < -0.4 is 5.32 Å². The standard InChI is InChI=1S/C21H28FN3O4/c1-4-5-10-21(16-6-8-17(22)9-7-16)19(27)25(20(28)23-21)13-18(26)24-11-14(2)29-15(3)12-24/h6-9,14-15H,4-5,10-13H2,1-3H3,(H,23,28)/t14-,15+,21-/m0/s1. The second kappa shape index (κ2) is 8.49. The van der Waals surface area contributed by atoms with Gasteiger partial charge in [0.15, 0.2) is 0 Å². The van der Waals surface area contributed by atoms with Crippen LogP contribution in [0.4, 0.5) is 9.18 Å². The molecule has 2 saturated heterocycles. The zero-order valence-corrected chi connectivity index (χ0v) is 17.1. The van der Waals surface area contributed by atoms with Crippen molar-refractivity contribution in [1.82, 2.24) is 15.1 Å². The van der Waals surface area contributed by atoms with Gasteiger partial charge < -0.3 is 15.0 Å². The molecule has 158 valence electrons. The molecule has 7 nitrogen and oxygen atoms in total. The Morgan fingerprint density at radius 3 is 2.41 bits per heavy atom. The minimum absolute atomic E-state index is 0.103. The van der Waals surface area contributed by atoms with Gasteiger partial charge in [0.05, 0.1) is 12.2 Å². The molecule has 0 aliphatic carbocycles. The van der Waals surface area contributed by atoms with Gasteiger partial charge in [0.25, 0.3) is 5.91 Å². The molecule has 1 N–H and O–H groups in total. The normalized spacial score (nSPS) is 27.3. The Kier molecular flexibility index (Phi) is 6.21. The van der Waals surface area contributed by atoms with E-state index in [1.54, 1.807) is 4.90 Å². The molecular weight excluding hydrogens is 377 g/mol. The number of unbranched alkanes of at least 4 members (excludes halogenated alkanes) is 1. The third kappa shape index (κ3) is 4.27. The van der Waals surface area contributed by atoms with E-state index in [4.69, 9.17) is 4.74 Å². The minimum atomic E-state index is -1.27. The van der Waals surface area contributed by atoms with Crippen molar-refractivity contribution in [3.05, 3.63) is 35.6 Å². The summed E-state index contributed by atoms with van der Waals surface area (Å²) < 4.78 is 19.0. The molecule has 0 bridgehead atoms. The molecule has 2 aliphatic rings. The van der Waals surface area contributed by atoms with E-state index in [1.807, 2.05) is 20.8 Å². The number of morpholine rings is 1. The van der Waals surface area contributed by atoms with Gasteiger partial charge in [0.2, 0.25) is 5.91 Å². The topological polar surface area (TPSA) is 79.0 Å². The van der Waals surface area contributed by atoms with E-state index in [0.29, 0.717) is 31.5 Å². The van der Waals surface area contributed by atoms with E-state index < -0.39 is 23.3 Å². The Balaban J connectivity index is 1.82. The molecule has 2 fully saturated rings. The summed E-state index contributed by atoms with van der Waals surface area (Å²) in [6.07, 6.45) is 1.70. The third-order valence-corrected chi connectivity index (χ3v) is 5.48. The first-order valence-corrected chi connectivity index (χ1v) is 10.1. The van der Waals surface area contributed by atoms with Crippen LogP contribution in [0.5, 0.6) is 0 Å². The number of rotatable bonds is 6. The van der Waals surface area contributed by atoms with Crippen molar-refractivity contribution < 1.29 is 23.5 Å². The van der Waals surface area contributed by atoms with E-state index in [2.05, 4.69) is 5.32 Å². The van der Waals surface area contributed by atoms with E-state index in [0.717, 1.165) is 11.3 Å². The van der Waals surface area contributed by atoms with Crippen molar-refractivity contribution in [2.75, 3.05) is 19.6 Å². The lowest BCUT2D eigenvalue weighted by atomic mass is 9.85. The monoisotopic (exact) mass is 405 g/mol. The SMILES string of the molecule is CCCC[C@@]1(c2ccc(F)cc2)NC(=O)N(CC(=O)N2C[C@@H](C)O[C@@H](C)C2)C1=O. The number of benzene rings is 1. The first-order valence-electron chi connectivity index (χ1n) is 10.1. The molecule has 0 aromatic heterocycles. The molecule has 29 heavy (non-hydrogen) atoms. The second-order valence-corrected chi connectivity index (χ2v) is 7.89. The third-order valence-electron chi connectivity index (χ3n) is 5.48. The molecule has 1 aromatic rings. The Labute approximate surface area is 170 Å². The van der Waals surface area contributed by atoms with Crippen LogP contribution >= 0.6 is 0 Å². The van der Waals surface area contributed by atoms with Crippen LogP contribution in [-0.2, 0) is 19.9 Å². The molecular formula is C21H28FN3O4. The predicted molar refractivity (Wildman–Crippen MR) is 104 cm³/mol. The number of carbonyl (C=O) groups is 3. The number of hydrogen-bond acceptors (Lipinski definition) is 4. The van der Waals surface area contributed by atoms with Gasteiger partial charge in [-0.2, -0.15) is 0 Å². The van der Waals surface area contributed by atoms with Gasteiger partial charge in [0.1, 0.15) is 17.9 Å². The Morgan fingerprint density at radius 1 is 1.21 bits per heavy atom. The van der Waals surface area contributed by atoms with E-state index >= 15 is 0 Å². The molecule has 2 aliphatic heterocycles. The Bertz CT molecular complexity index is 775. The maximum Gasteiger partial charge on any atom is 0.325 e. The molecule has 4 amide bonds. The van der Waals surface area contributed by atoms with E-state index in [9.17, 15) is 18.8 Å². The number of hydrogen-bond donors (Lipinski definition) is 1. The van der Waals surface area contributed by atoms with Gasteiger partial charge in [-0.05, 0) is 38.0 Å². The van der Waals surface area contributed by atoms with E-state index in [1.165, 1.54) is 24.3 Å². The lowest BCUT2D eigenvalue weighted by Gasteiger charge is -2.36. The molecule has 3 rings (SSSR count). The summed E-state index contributed by atoms with van der Waals surface area (Å²) in [4.78, 5) is 41.4. The summed E-state index contributed by atoms with van der Waals surface area (Å²) in [7, 11) is 0. The number of nitrogens with zero attached hydrogens (tertiary/aromatic N) is 2. The first kappa shape index (κ1) is 21.2. The maximum atomic E-state index is 13.4. The average molecular weight is 405 g/mol. The predicted octanol–water partition coefficient (Wildman–Crippen LogP) is 2.40. The fourth-order valence-electron chi connectivity index (χ4n) is 4.07. The number of carbonyl (C=O) groups excluding carboxylic acids is 3. The minimum Gasteiger partial charge on any atom is -0.372 e. The Morgan fingerprint density at radius 2 is 1.83 bits per heavy atom. The summed E-state index contributed by atoms with van der Waals surface area (Å²) in [5.41, 5.74) is -0.749. The first-order chi connectivity index (χ1) is 13.8. The van der Waals surface area contributed by atoms with Crippen molar-refractivity contribution >= 4 is 17.8 Å². The zero-order valence-electron chi connectivity index (χ0n) is 17.1. The lowest BCUT2D eigenvalue weighted by molar-refractivity contribution is -0.147. The van der Waals surface area contributed by atoms with Gasteiger partial charge >= 0.3 is 6.03 Å². The molecule has 0 spiro atoms. The zero-order chi connectivity index (χ0) is 21.2. The largest absolute Gasteiger partial charge is 0.372 e. The van der Waals surface area contributed by atoms with Crippen LogP contribution in [0, 0.1) is 5.82 Å². The van der Waals surface area contributed by atoms with Gasteiger partial charge in [0, 0.05) is 13.1 Å². The molecule has 0 saturated carbocycles. The highest BCUT2D eigenvalue weighted by Crippen LogP contribution is 2.34. The van der Waals surface area contributed by atoms with Crippen LogP contribution in [0.3, 0.4) is 0 Å². The number of ether oxygens (including phenoxy) is 1. The van der Waals surface area contributed by atoms with Crippen molar-refractivity contribution in [1.29, 1.82) is 0 Å². The summed E-state index contributed by atoms with van der Waals surface area (Å²) in [5, 5.41) is 2.78. The number of amides is 4. The van der Waals surface area contributed by atoms with Gasteiger partial charge in [-0.25, -0.2) is 9.18 Å². The smallest absolute Gasteiger partial charge is 0.325 e. The second-order valence-electron chi connectivity index (χ2n) is 7.89. The highest BCUT2D eigenvalue weighted by molar-refractivity contribution is 6.09. The van der Waals surface area contributed by atoms with Crippen molar-refractivity contribution in [3.63, 3.8) is 0 Å². The number of nitrogens with one attached hydrogen (secondary N) is 1. The molecule has 2 heterocycles. The van der Waals surface area contributed by atoms with Gasteiger partial charge in [-0.15, -0.1) is 0 Å². The average Bonchev–Trinajstić information content (AvgIpc) is 2.91. The lowest BCUT2D eigenvalue weighted by Crippen LogP contribution is -2.52. The van der Waals surface area contributed by atoms with Crippen molar-refractivity contribution in [3.8, 4) is 0 Å². The molecule has 0 unspecified atom stereocenters. The summed E-state index contributed by atoms with van der Waals surface area (Å²) >= 11 is 0. The quantitative estimate of drug-likeness (QED) is 0.737. The van der Waals surface area contributed by atoms with Crippen molar-refractivity contribution in [2.45, 2.75) is 57.8 Å². The number of imide groups is 1. The molecule has 8 heteroatoms. The number of urea groups is 1. The van der Waals surface area contributed by atoms with Crippen LogP contribution in [0.25, 0.3) is 0 Å². The summed E-state index contributed by atoms with van der Waals surface area (Å²) in [5.74, 6) is -1.18. The maximum absolute atomic E-state index is 13.4. The highest BCUT2D eigenvalue weighted by atomic mass is 19.1. The fraction of sp³-hybridized carbons (Fsp3) is 0.571. The van der Waals surface area contributed by atoms with Gasteiger partial charge in [-0.3, -0.25) is 14.5 Å². The van der Waals surface area contributed by atoms with Crippen LogP contribution in [-0.4, -0.2) is 59.5 Å². The van der Waals surface area contributed by atoms with Gasteiger partial charge in [-0.1, -0.05) is 31.9 Å². The van der Waals surface area contributed by atoms with Crippen LogP contribution in [0.15, 0.2) is 24.3 Å².